The van der Waals surface area contributed by atoms with Crippen LogP contribution in [0.3, 0.4) is 0 Å². The van der Waals surface area contributed by atoms with Crippen LogP contribution >= 0.6 is 0 Å². The summed E-state index contributed by atoms with van der Waals surface area (Å²) in [6, 6.07) is 8.09. The molecule has 1 amide bonds. The summed E-state index contributed by atoms with van der Waals surface area (Å²) in [5, 5.41) is 0. The minimum absolute atomic E-state index is 0.0409. The Morgan fingerprint density at radius 3 is 2.56 bits per heavy atom. The van der Waals surface area contributed by atoms with Crippen LogP contribution in [0.25, 0.3) is 28.1 Å². The molecule has 0 aliphatic carbocycles. The zero-order valence-corrected chi connectivity index (χ0v) is 23.3. The van der Waals surface area contributed by atoms with Crippen LogP contribution in [-0.4, -0.2) is 86.4 Å². The monoisotopic (exact) mass is 532 g/mol. The number of anilines is 1. The second-order valence-corrected chi connectivity index (χ2v) is 10.8. The molecule has 3 aromatic heterocycles. The van der Waals surface area contributed by atoms with Crippen molar-refractivity contribution in [3.8, 4) is 5.95 Å². The number of methoxy groups -OCH3 is 1. The maximum atomic E-state index is 12.3. The number of carbonyl (C=O) groups excluding carboxylic acids is 1. The van der Waals surface area contributed by atoms with Gasteiger partial charge in [-0.25, -0.2) is 9.97 Å². The Balaban J connectivity index is 1.60. The molecule has 2 aliphatic heterocycles. The molecule has 1 atom stereocenters. The molecule has 11 heteroatoms. The summed E-state index contributed by atoms with van der Waals surface area (Å²) in [4.78, 5) is 36.7. The Labute approximate surface area is 227 Å². The SMILES string of the molecule is CO[C@@]1(c2nc3c(N4CCOCC4)nc(-n4c(C(C)C)nc5ccccc54)nc3n2C)CCCN(C(C)=O)C1. The smallest absolute Gasteiger partial charge is 0.239 e. The van der Waals surface area contributed by atoms with Crippen molar-refractivity contribution in [2.45, 2.75) is 45.1 Å². The number of piperidine rings is 1. The Morgan fingerprint density at radius 2 is 1.85 bits per heavy atom. The highest BCUT2D eigenvalue weighted by atomic mass is 16.5. The topological polar surface area (TPSA) is 103 Å². The lowest BCUT2D eigenvalue weighted by atomic mass is 9.91. The zero-order valence-electron chi connectivity index (χ0n) is 23.3. The van der Waals surface area contributed by atoms with Gasteiger partial charge in [0, 0.05) is 46.6 Å². The third-order valence-corrected chi connectivity index (χ3v) is 8.00. The van der Waals surface area contributed by atoms with Gasteiger partial charge in [-0.05, 0) is 25.0 Å². The molecule has 206 valence electrons. The van der Waals surface area contributed by atoms with Crippen molar-refractivity contribution in [1.29, 1.82) is 0 Å². The normalized spacial score (nSPS) is 20.5. The number of fused-ring (bicyclic) bond motifs is 2. The van der Waals surface area contributed by atoms with Crippen molar-refractivity contribution in [2.75, 3.05) is 51.4 Å². The molecular weight excluding hydrogens is 496 g/mol. The Morgan fingerprint density at radius 1 is 1.08 bits per heavy atom. The molecule has 2 aliphatic rings. The second-order valence-electron chi connectivity index (χ2n) is 10.8. The quantitative estimate of drug-likeness (QED) is 0.386. The van der Waals surface area contributed by atoms with Crippen molar-refractivity contribution in [1.82, 2.24) is 34.0 Å². The van der Waals surface area contributed by atoms with E-state index in [0.717, 1.165) is 59.1 Å². The number of morpholine rings is 1. The summed E-state index contributed by atoms with van der Waals surface area (Å²) in [5.41, 5.74) is 2.60. The number of hydrogen-bond acceptors (Lipinski definition) is 8. The van der Waals surface area contributed by atoms with E-state index in [1.807, 2.05) is 34.7 Å². The summed E-state index contributed by atoms with van der Waals surface area (Å²) < 4.78 is 15.9. The number of amides is 1. The largest absolute Gasteiger partial charge is 0.378 e. The third kappa shape index (κ3) is 4.24. The highest BCUT2D eigenvalue weighted by Crippen LogP contribution is 2.37. The van der Waals surface area contributed by atoms with Crippen LogP contribution in [0.2, 0.25) is 0 Å². The number of hydrogen-bond donors (Lipinski definition) is 0. The van der Waals surface area contributed by atoms with Gasteiger partial charge in [0.2, 0.25) is 11.9 Å². The van der Waals surface area contributed by atoms with Crippen LogP contribution in [0.1, 0.15) is 51.2 Å². The van der Waals surface area contributed by atoms with Crippen LogP contribution in [0.15, 0.2) is 24.3 Å². The number of nitrogens with zero attached hydrogens (tertiary/aromatic N) is 8. The predicted molar refractivity (Wildman–Crippen MR) is 148 cm³/mol. The van der Waals surface area contributed by atoms with E-state index in [4.69, 9.17) is 29.4 Å². The minimum atomic E-state index is -0.730. The fourth-order valence-corrected chi connectivity index (χ4v) is 5.91. The Bertz CT molecular complexity index is 1540. The van der Waals surface area contributed by atoms with Crippen LogP contribution in [0.4, 0.5) is 5.82 Å². The number of aryl methyl sites for hydroxylation is 1. The van der Waals surface area contributed by atoms with Gasteiger partial charge in [-0.2, -0.15) is 9.97 Å². The van der Waals surface area contributed by atoms with E-state index in [0.29, 0.717) is 38.8 Å². The van der Waals surface area contributed by atoms with Crippen molar-refractivity contribution in [3.63, 3.8) is 0 Å². The highest BCUT2D eigenvalue weighted by Gasteiger charge is 2.42. The van der Waals surface area contributed by atoms with Crippen molar-refractivity contribution >= 4 is 33.9 Å². The predicted octanol–water partition coefficient (Wildman–Crippen LogP) is 3.15. The van der Waals surface area contributed by atoms with Crippen molar-refractivity contribution in [2.24, 2.45) is 7.05 Å². The molecule has 0 spiro atoms. The maximum Gasteiger partial charge on any atom is 0.239 e. The first-order chi connectivity index (χ1) is 18.8. The lowest BCUT2D eigenvalue weighted by Gasteiger charge is -2.40. The van der Waals surface area contributed by atoms with E-state index in [2.05, 4.69) is 29.4 Å². The molecule has 0 bridgehead atoms. The molecule has 4 aromatic rings. The number of carbonyl (C=O) groups is 1. The van der Waals surface area contributed by atoms with Gasteiger partial charge in [0.25, 0.3) is 0 Å². The summed E-state index contributed by atoms with van der Waals surface area (Å²) in [6.07, 6.45) is 1.60. The van der Waals surface area contributed by atoms with Gasteiger partial charge in [-0.3, -0.25) is 9.36 Å². The van der Waals surface area contributed by atoms with Gasteiger partial charge < -0.3 is 23.8 Å². The molecule has 5 heterocycles. The molecule has 2 saturated heterocycles. The van der Waals surface area contributed by atoms with Gasteiger partial charge >= 0.3 is 0 Å². The Hall–Kier alpha value is -3.57. The first-order valence-electron chi connectivity index (χ1n) is 13.7. The molecule has 1 aromatic carbocycles. The summed E-state index contributed by atoms with van der Waals surface area (Å²) in [5.74, 6) is 3.21. The molecule has 0 unspecified atom stereocenters. The van der Waals surface area contributed by atoms with Crippen LogP contribution in [0.5, 0.6) is 0 Å². The maximum absolute atomic E-state index is 12.3. The number of ether oxygens (including phenoxy) is 2. The van der Waals surface area contributed by atoms with E-state index in [1.165, 1.54) is 0 Å². The zero-order chi connectivity index (χ0) is 27.3. The number of para-hydroxylation sites is 2. The van der Waals surface area contributed by atoms with Gasteiger partial charge in [-0.1, -0.05) is 26.0 Å². The van der Waals surface area contributed by atoms with Gasteiger partial charge in [0.05, 0.1) is 30.8 Å². The van der Waals surface area contributed by atoms with Gasteiger partial charge in [0.15, 0.2) is 17.0 Å². The third-order valence-electron chi connectivity index (χ3n) is 8.00. The van der Waals surface area contributed by atoms with E-state index in [9.17, 15) is 4.79 Å². The van der Waals surface area contributed by atoms with Crippen LogP contribution in [0, 0.1) is 0 Å². The standard InChI is InChI=1S/C28H36N8O3/c1-18(2)23-29-20-9-6-7-10-21(20)36(23)27-31-24-22(25(32-27)34-13-15-39-16-14-34)30-26(33(24)4)28(38-5)11-8-12-35(17-28)19(3)37/h6-7,9-10,18H,8,11-17H2,1-5H3/t28-/m0/s1. The molecule has 0 radical (unpaired) electrons. The molecule has 0 N–H and O–H groups in total. The first-order valence-corrected chi connectivity index (χ1v) is 13.7. The fraction of sp³-hybridized carbons (Fsp3) is 0.536. The average Bonchev–Trinajstić information content (AvgIpc) is 3.51. The lowest BCUT2D eigenvalue weighted by molar-refractivity contribution is -0.139. The highest BCUT2D eigenvalue weighted by molar-refractivity contribution is 5.86. The molecule has 39 heavy (non-hydrogen) atoms. The lowest BCUT2D eigenvalue weighted by Crippen LogP contribution is -2.50. The van der Waals surface area contributed by atoms with E-state index in [-0.39, 0.29) is 11.8 Å². The number of aromatic nitrogens is 6. The minimum Gasteiger partial charge on any atom is -0.378 e. The molecule has 2 fully saturated rings. The number of likely N-dealkylation sites (tertiary alicyclic amines) is 1. The average molecular weight is 533 g/mol. The Kier molecular flexibility index (Phi) is 6.50. The van der Waals surface area contributed by atoms with Gasteiger partial charge in [0.1, 0.15) is 17.2 Å². The first kappa shape index (κ1) is 25.7. The molecule has 0 saturated carbocycles. The molecule has 11 nitrogen and oxygen atoms in total. The van der Waals surface area contributed by atoms with Crippen LogP contribution in [-0.2, 0) is 26.9 Å². The van der Waals surface area contributed by atoms with Gasteiger partial charge in [-0.15, -0.1) is 0 Å². The molecule has 6 rings (SSSR count). The van der Waals surface area contributed by atoms with Crippen LogP contribution < -0.4 is 4.90 Å². The number of rotatable bonds is 5. The number of benzene rings is 1. The summed E-state index contributed by atoms with van der Waals surface area (Å²) >= 11 is 0. The van der Waals surface area contributed by atoms with E-state index in [1.54, 1.807) is 14.0 Å². The van der Waals surface area contributed by atoms with Crippen molar-refractivity contribution in [3.05, 3.63) is 35.9 Å². The summed E-state index contributed by atoms with van der Waals surface area (Å²) in [6.45, 7) is 9.73. The fourth-order valence-electron chi connectivity index (χ4n) is 5.91. The second kappa shape index (κ2) is 9.87. The summed E-state index contributed by atoms with van der Waals surface area (Å²) in [7, 11) is 3.68. The number of imidazole rings is 2. The van der Waals surface area contributed by atoms with Crippen molar-refractivity contribution < 1.29 is 14.3 Å². The van der Waals surface area contributed by atoms with E-state index >= 15 is 0 Å². The van der Waals surface area contributed by atoms with E-state index < -0.39 is 5.60 Å². The molecular formula is C28H36N8O3.